The van der Waals surface area contributed by atoms with Crippen LogP contribution in [0.5, 0.6) is 5.88 Å². The summed E-state index contributed by atoms with van der Waals surface area (Å²) < 4.78 is 16.0. The average Bonchev–Trinajstić information content (AvgIpc) is 3.02. The lowest BCUT2D eigenvalue weighted by atomic mass is 9.84. The number of aryl methyl sites for hydroxylation is 2. The fourth-order valence-corrected chi connectivity index (χ4v) is 8.44. The second-order valence-electron chi connectivity index (χ2n) is 15.0. The summed E-state index contributed by atoms with van der Waals surface area (Å²) in [5.74, 6) is 1.07. The van der Waals surface area contributed by atoms with Crippen LogP contribution in [0.1, 0.15) is 88.2 Å². The van der Waals surface area contributed by atoms with E-state index in [9.17, 15) is 4.79 Å². The van der Waals surface area contributed by atoms with Crippen LogP contribution in [-0.2, 0) is 4.74 Å². The largest absolute Gasteiger partial charge is 0.475 e. The summed E-state index contributed by atoms with van der Waals surface area (Å²) in [7, 11) is 0. The van der Waals surface area contributed by atoms with E-state index in [4.69, 9.17) is 19.4 Å². The van der Waals surface area contributed by atoms with Crippen LogP contribution in [0, 0.1) is 19.3 Å². The molecule has 4 bridgehead atoms. The molecule has 1 saturated heterocycles. The molecular formula is C38H51N5O3S. The number of ether oxygens (including phenoxy) is 2. The Bertz CT molecular complexity index is 1540. The van der Waals surface area contributed by atoms with Gasteiger partial charge in [0.1, 0.15) is 6.61 Å². The molecule has 2 aliphatic heterocycles. The Morgan fingerprint density at radius 2 is 1.57 bits per heavy atom. The van der Waals surface area contributed by atoms with Gasteiger partial charge in [-0.1, -0.05) is 45.0 Å². The summed E-state index contributed by atoms with van der Waals surface area (Å²) in [6.07, 6.45) is 5.41. The number of rotatable bonds is 4. The topological polar surface area (TPSA) is 79.8 Å². The van der Waals surface area contributed by atoms with Gasteiger partial charge in [-0.15, -0.1) is 0 Å². The van der Waals surface area contributed by atoms with E-state index in [1.54, 1.807) is 0 Å². The van der Waals surface area contributed by atoms with Crippen molar-refractivity contribution in [2.45, 2.75) is 116 Å². The Morgan fingerprint density at radius 3 is 2.26 bits per heavy atom. The molecule has 0 spiro atoms. The third-order valence-electron chi connectivity index (χ3n) is 9.70. The third-order valence-corrected chi connectivity index (χ3v) is 10.5. The van der Waals surface area contributed by atoms with Crippen molar-refractivity contribution in [1.82, 2.24) is 19.8 Å². The number of morpholine rings is 1. The van der Waals surface area contributed by atoms with Gasteiger partial charge in [0.25, 0.3) is 5.91 Å². The maximum absolute atomic E-state index is 14.7. The summed E-state index contributed by atoms with van der Waals surface area (Å²) in [5, 5.41) is 0. The van der Waals surface area contributed by atoms with Crippen LogP contribution in [0.15, 0.2) is 53.4 Å². The SMILES string of the molecule is Cc1cccc(C)c1-c1cc2nc(n1)NSc1cccc(c1)C(=O)N(C1CCC(N3C[C@@H](C)O[C@@H](C)C3)CC1)[C@H](CC(C)(C)C)CO2. The van der Waals surface area contributed by atoms with E-state index in [-0.39, 0.29) is 35.6 Å². The van der Waals surface area contributed by atoms with Crippen LogP contribution >= 0.6 is 11.9 Å². The number of anilines is 1. The molecule has 9 heteroatoms. The number of hydrogen-bond donors (Lipinski definition) is 1. The molecule has 3 aromatic rings. The van der Waals surface area contributed by atoms with E-state index in [0.717, 1.165) is 72.5 Å². The normalized spacial score (nSPS) is 26.0. The number of benzene rings is 2. The Morgan fingerprint density at radius 1 is 0.915 bits per heavy atom. The minimum absolute atomic E-state index is 0.0166. The lowest BCUT2D eigenvalue weighted by Crippen LogP contribution is -2.55. The molecule has 1 saturated carbocycles. The quantitative estimate of drug-likeness (QED) is 0.284. The highest BCUT2D eigenvalue weighted by molar-refractivity contribution is 8.00. The van der Waals surface area contributed by atoms with Crippen molar-refractivity contribution in [2.24, 2.45) is 5.41 Å². The third kappa shape index (κ3) is 8.12. The number of amides is 1. The van der Waals surface area contributed by atoms with Crippen molar-refractivity contribution in [2.75, 3.05) is 24.4 Å². The molecule has 0 radical (unpaired) electrons. The predicted molar refractivity (Wildman–Crippen MR) is 190 cm³/mol. The Labute approximate surface area is 285 Å². The van der Waals surface area contributed by atoms with Gasteiger partial charge in [0.05, 0.1) is 23.9 Å². The minimum Gasteiger partial charge on any atom is -0.475 e. The van der Waals surface area contributed by atoms with Gasteiger partial charge in [0.2, 0.25) is 11.8 Å². The highest BCUT2D eigenvalue weighted by Crippen LogP contribution is 2.36. The van der Waals surface area contributed by atoms with Crippen LogP contribution in [0.2, 0.25) is 0 Å². The van der Waals surface area contributed by atoms with Crippen LogP contribution in [0.3, 0.4) is 0 Å². The van der Waals surface area contributed by atoms with Crippen molar-refractivity contribution < 1.29 is 14.3 Å². The fraction of sp³-hybridized carbons (Fsp3) is 0.553. The average molecular weight is 658 g/mol. The van der Waals surface area contributed by atoms with Crippen LogP contribution < -0.4 is 9.46 Å². The maximum atomic E-state index is 14.7. The number of hydrogen-bond acceptors (Lipinski definition) is 8. The smallest absolute Gasteiger partial charge is 0.254 e. The molecular weight excluding hydrogens is 607 g/mol. The molecule has 2 aromatic carbocycles. The van der Waals surface area contributed by atoms with E-state index in [1.807, 2.05) is 30.3 Å². The minimum atomic E-state index is -0.125. The summed E-state index contributed by atoms with van der Waals surface area (Å²) in [4.78, 5) is 30.1. The van der Waals surface area contributed by atoms with Gasteiger partial charge in [-0.05, 0) is 106 Å². The van der Waals surface area contributed by atoms with E-state index in [2.05, 4.69) is 81.2 Å². The first-order valence-electron chi connectivity index (χ1n) is 17.3. The highest BCUT2D eigenvalue weighted by atomic mass is 32.2. The van der Waals surface area contributed by atoms with Gasteiger partial charge in [-0.25, -0.2) is 4.98 Å². The Hall–Kier alpha value is -3.14. The van der Waals surface area contributed by atoms with Crippen LogP contribution in [0.4, 0.5) is 5.95 Å². The molecule has 3 aliphatic rings. The van der Waals surface area contributed by atoms with Gasteiger partial charge in [0, 0.05) is 47.3 Å². The first-order valence-corrected chi connectivity index (χ1v) is 18.1. The molecule has 1 amide bonds. The van der Waals surface area contributed by atoms with Gasteiger partial charge >= 0.3 is 0 Å². The van der Waals surface area contributed by atoms with Gasteiger partial charge in [0.15, 0.2) is 0 Å². The molecule has 0 unspecified atom stereocenters. The number of nitrogens with one attached hydrogen (secondary N) is 1. The monoisotopic (exact) mass is 657 g/mol. The van der Waals surface area contributed by atoms with Crippen molar-refractivity contribution in [3.8, 4) is 17.1 Å². The van der Waals surface area contributed by atoms with Gasteiger partial charge in [-0.3, -0.25) is 14.4 Å². The number of aromatic nitrogens is 2. The van der Waals surface area contributed by atoms with Crippen molar-refractivity contribution >= 4 is 23.8 Å². The molecule has 6 rings (SSSR count). The number of carbonyl (C=O) groups is 1. The fourth-order valence-electron chi connectivity index (χ4n) is 7.81. The molecule has 1 aliphatic carbocycles. The maximum Gasteiger partial charge on any atom is 0.254 e. The zero-order chi connectivity index (χ0) is 33.3. The molecule has 252 valence electrons. The summed E-state index contributed by atoms with van der Waals surface area (Å²) in [6, 6.07) is 16.7. The number of nitrogens with zero attached hydrogens (tertiary/aromatic N) is 4. The zero-order valence-corrected chi connectivity index (χ0v) is 29.9. The second kappa shape index (κ2) is 14.1. The molecule has 3 atom stereocenters. The zero-order valence-electron chi connectivity index (χ0n) is 29.1. The summed E-state index contributed by atoms with van der Waals surface area (Å²) >= 11 is 1.41. The summed E-state index contributed by atoms with van der Waals surface area (Å²) in [6.45, 7) is 17.6. The Kier molecular flexibility index (Phi) is 10.2. The number of fused-ring (bicyclic) bond motifs is 4. The van der Waals surface area contributed by atoms with Crippen molar-refractivity contribution in [1.29, 1.82) is 0 Å². The molecule has 1 N–H and O–H groups in total. The molecule has 8 nitrogen and oxygen atoms in total. The van der Waals surface area contributed by atoms with E-state index in [0.29, 0.717) is 30.0 Å². The first kappa shape index (κ1) is 33.7. The summed E-state index contributed by atoms with van der Waals surface area (Å²) in [5.41, 5.74) is 4.90. The van der Waals surface area contributed by atoms with Crippen molar-refractivity contribution in [3.63, 3.8) is 0 Å². The lowest BCUT2D eigenvalue weighted by Gasteiger charge is -2.46. The van der Waals surface area contributed by atoms with E-state index in [1.165, 1.54) is 11.9 Å². The van der Waals surface area contributed by atoms with E-state index < -0.39 is 0 Å². The van der Waals surface area contributed by atoms with Gasteiger partial charge < -0.3 is 14.4 Å². The standard InChI is InChI=1S/C38H51N5O3S/c1-24-10-8-11-25(2)35(24)33-19-34-40-37(39-33)41-47-32-13-9-12-28(18-32)36(44)43(31(23-45-34)20-38(5,6)7)30-16-14-29(15-17-30)42-21-26(3)46-27(4)22-42/h8-13,18-19,26-27,29-31H,14-17,20-23H2,1-7H3,(H,39,40,41)/t26-,27+,29?,30?,31-/m1/s1. The van der Waals surface area contributed by atoms with Crippen LogP contribution in [0.25, 0.3) is 11.3 Å². The van der Waals surface area contributed by atoms with E-state index >= 15 is 0 Å². The predicted octanol–water partition coefficient (Wildman–Crippen LogP) is 7.94. The second-order valence-corrected chi connectivity index (χ2v) is 15.9. The number of carbonyl (C=O) groups excluding carboxylic acids is 1. The highest BCUT2D eigenvalue weighted by Gasteiger charge is 2.39. The molecule has 2 fully saturated rings. The molecule has 47 heavy (non-hydrogen) atoms. The first-order chi connectivity index (χ1) is 22.4. The van der Waals surface area contributed by atoms with Crippen LogP contribution in [-0.4, -0.2) is 75.7 Å². The lowest BCUT2D eigenvalue weighted by molar-refractivity contribution is -0.0863. The molecule has 3 heterocycles. The van der Waals surface area contributed by atoms with Gasteiger partial charge in [-0.2, -0.15) is 4.98 Å². The van der Waals surface area contributed by atoms with Crippen molar-refractivity contribution in [3.05, 3.63) is 65.2 Å². The Balaban J connectivity index is 1.35. The molecule has 1 aromatic heterocycles.